The van der Waals surface area contributed by atoms with E-state index in [9.17, 15) is 4.79 Å². The number of nitrogens with two attached hydrogens (primary N) is 1. The van der Waals surface area contributed by atoms with Crippen LogP contribution in [0.2, 0.25) is 0 Å². The van der Waals surface area contributed by atoms with Gasteiger partial charge < -0.3 is 10.5 Å². The van der Waals surface area contributed by atoms with E-state index in [1.807, 2.05) is 20.0 Å². The van der Waals surface area contributed by atoms with Crippen molar-refractivity contribution in [3.05, 3.63) is 35.5 Å². The number of rotatable bonds is 4. The van der Waals surface area contributed by atoms with E-state index in [0.29, 0.717) is 22.8 Å². The third-order valence-electron chi connectivity index (χ3n) is 2.71. The third kappa shape index (κ3) is 2.96. The van der Waals surface area contributed by atoms with Gasteiger partial charge in [0, 0.05) is 12.7 Å². The highest BCUT2D eigenvalue weighted by Crippen LogP contribution is 2.35. The summed E-state index contributed by atoms with van der Waals surface area (Å²) in [7, 11) is 1.86. The molecular formula is C14H17N3O2S. The Morgan fingerprint density at radius 1 is 1.50 bits per heavy atom. The quantitative estimate of drug-likeness (QED) is 0.692. The monoisotopic (exact) mass is 291 g/mol. The Morgan fingerprint density at radius 2 is 2.25 bits per heavy atom. The SMILES string of the molecule is CCOC(=O)c1cccc(N)c1Sc1cc(C)nn1C. The topological polar surface area (TPSA) is 70.1 Å². The van der Waals surface area contributed by atoms with Crippen molar-refractivity contribution in [3.63, 3.8) is 0 Å². The summed E-state index contributed by atoms with van der Waals surface area (Å²) >= 11 is 1.42. The number of carbonyl (C=O) groups is 1. The zero-order valence-electron chi connectivity index (χ0n) is 11.7. The first-order valence-corrected chi connectivity index (χ1v) is 7.08. The normalized spacial score (nSPS) is 10.6. The van der Waals surface area contributed by atoms with Crippen LogP contribution in [0, 0.1) is 6.92 Å². The number of aryl methyl sites for hydroxylation is 2. The van der Waals surface area contributed by atoms with Gasteiger partial charge in [-0.3, -0.25) is 4.68 Å². The van der Waals surface area contributed by atoms with Gasteiger partial charge in [-0.2, -0.15) is 5.10 Å². The number of anilines is 1. The molecule has 0 aliphatic rings. The molecule has 1 heterocycles. The first-order valence-electron chi connectivity index (χ1n) is 6.27. The van der Waals surface area contributed by atoms with Gasteiger partial charge in [0.25, 0.3) is 0 Å². The van der Waals surface area contributed by atoms with Crippen LogP contribution in [-0.2, 0) is 11.8 Å². The highest BCUT2D eigenvalue weighted by molar-refractivity contribution is 7.99. The smallest absolute Gasteiger partial charge is 0.339 e. The molecule has 0 aliphatic heterocycles. The number of ether oxygens (including phenoxy) is 1. The van der Waals surface area contributed by atoms with Gasteiger partial charge in [-0.05, 0) is 32.0 Å². The summed E-state index contributed by atoms with van der Waals surface area (Å²) < 4.78 is 6.83. The van der Waals surface area contributed by atoms with Gasteiger partial charge in [-0.15, -0.1) is 0 Å². The first-order chi connectivity index (χ1) is 9.52. The Kier molecular flexibility index (Phi) is 4.34. The van der Waals surface area contributed by atoms with E-state index in [1.54, 1.807) is 29.8 Å². The third-order valence-corrected chi connectivity index (χ3v) is 3.96. The number of nitrogen functional groups attached to an aromatic ring is 1. The lowest BCUT2D eigenvalue weighted by atomic mass is 10.2. The lowest BCUT2D eigenvalue weighted by Crippen LogP contribution is -2.07. The molecule has 0 fully saturated rings. The Hall–Kier alpha value is -1.95. The van der Waals surface area contributed by atoms with Gasteiger partial charge in [0.15, 0.2) is 0 Å². The molecule has 0 radical (unpaired) electrons. The van der Waals surface area contributed by atoms with E-state index in [2.05, 4.69) is 5.10 Å². The number of nitrogens with zero attached hydrogens (tertiary/aromatic N) is 2. The molecule has 0 bridgehead atoms. The minimum Gasteiger partial charge on any atom is -0.462 e. The predicted octanol–water partition coefficient (Wildman–Crippen LogP) is 2.64. The molecule has 5 nitrogen and oxygen atoms in total. The molecule has 0 amide bonds. The van der Waals surface area contributed by atoms with E-state index in [0.717, 1.165) is 10.7 Å². The molecular weight excluding hydrogens is 274 g/mol. The zero-order valence-corrected chi connectivity index (χ0v) is 12.5. The molecule has 0 saturated carbocycles. The maximum absolute atomic E-state index is 12.0. The molecule has 0 spiro atoms. The number of benzene rings is 1. The fraction of sp³-hybridized carbons (Fsp3) is 0.286. The van der Waals surface area contributed by atoms with Gasteiger partial charge in [-0.1, -0.05) is 17.8 Å². The number of hydrogen-bond donors (Lipinski definition) is 1. The largest absolute Gasteiger partial charge is 0.462 e. The van der Waals surface area contributed by atoms with E-state index < -0.39 is 0 Å². The second-order valence-corrected chi connectivity index (χ2v) is 5.32. The molecule has 106 valence electrons. The van der Waals surface area contributed by atoms with Gasteiger partial charge in [-0.25, -0.2) is 4.79 Å². The van der Waals surface area contributed by atoms with E-state index in [1.165, 1.54) is 11.8 Å². The lowest BCUT2D eigenvalue weighted by Gasteiger charge is -2.11. The summed E-state index contributed by atoms with van der Waals surface area (Å²) in [6.45, 7) is 4.04. The zero-order chi connectivity index (χ0) is 14.7. The minimum atomic E-state index is -0.360. The molecule has 20 heavy (non-hydrogen) atoms. The maximum atomic E-state index is 12.0. The number of carbonyl (C=O) groups excluding carboxylic acids is 1. The molecule has 0 atom stereocenters. The Morgan fingerprint density at radius 3 is 2.85 bits per heavy atom. The summed E-state index contributed by atoms with van der Waals surface area (Å²) in [6.07, 6.45) is 0. The fourth-order valence-electron chi connectivity index (χ4n) is 1.83. The van der Waals surface area contributed by atoms with Crippen molar-refractivity contribution in [2.45, 2.75) is 23.8 Å². The van der Waals surface area contributed by atoms with Gasteiger partial charge in [0.2, 0.25) is 0 Å². The molecule has 2 aromatic rings. The van der Waals surface area contributed by atoms with Crippen LogP contribution in [0.25, 0.3) is 0 Å². The average molecular weight is 291 g/mol. The van der Waals surface area contributed by atoms with Crippen molar-refractivity contribution in [1.29, 1.82) is 0 Å². The number of hydrogen-bond acceptors (Lipinski definition) is 5. The fourth-order valence-corrected chi connectivity index (χ4v) is 2.88. The second-order valence-electron chi connectivity index (χ2n) is 4.29. The lowest BCUT2D eigenvalue weighted by molar-refractivity contribution is 0.0522. The number of esters is 1. The second kappa shape index (κ2) is 6.00. The van der Waals surface area contributed by atoms with Crippen molar-refractivity contribution in [2.75, 3.05) is 12.3 Å². The Bertz CT molecular complexity index is 637. The Labute approximate surface area is 122 Å². The van der Waals surface area contributed by atoms with Crippen LogP contribution in [-0.4, -0.2) is 22.4 Å². The average Bonchev–Trinajstić information content (AvgIpc) is 2.70. The standard InChI is InChI=1S/C14H17N3O2S/c1-4-19-14(18)10-6-5-7-11(15)13(10)20-12-8-9(2)16-17(12)3/h5-8H,4,15H2,1-3H3. The summed E-state index contributed by atoms with van der Waals surface area (Å²) in [5, 5.41) is 5.21. The van der Waals surface area contributed by atoms with Crippen molar-refractivity contribution in [1.82, 2.24) is 9.78 Å². The maximum Gasteiger partial charge on any atom is 0.339 e. The van der Waals surface area contributed by atoms with Gasteiger partial charge >= 0.3 is 5.97 Å². The van der Waals surface area contributed by atoms with Crippen LogP contribution in [0.4, 0.5) is 5.69 Å². The summed E-state index contributed by atoms with van der Waals surface area (Å²) in [5.74, 6) is -0.360. The van der Waals surface area contributed by atoms with Gasteiger partial charge in [0.1, 0.15) is 0 Å². The van der Waals surface area contributed by atoms with Crippen LogP contribution in [0.3, 0.4) is 0 Å². The highest BCUT2D eigenvalue weighted by Gasteiger charge is 2.17. The van der Waals surface area contributed by atoms with Crippen LogP contribution in [0.1, 0.15) is 23.0 Å². The molecule has 0 saturated heterocycles. The van der Waals surface area contributed by atoms with Crippen LogP contribution in [0.15, 0.2) is 34.2 Å². The van der Waals surface area contributed by atoms with Crippen LogP contribution in [0.5, 0.6) is 0 Å². The van der Waals surface area contributed by atoms with Crippen molar-refractivity contribution in [2.24, 2.45) is 7.05 Å². The van der Waals surface area contributed by atoms with E-state index >= 15 is 0 Å². The van der Waals surface area contributed by atoms with E-state index in [4.69, 9.17) is 10.5 Å². The van der Waals surface area contributed by atoms with Crippen LogP contribution >= 0.6 is 11.8 Å². The molecule has 2 N–H and O–H groups in total. The van der Waals surface area contributed by atoms with Crippen molar-refractivity contribution in [3.8, 4) is 0 Å². The van der Waals surface area contributed by atoms with Crippen LogP contribution < -0.4 is 5.73 Å². The minimum absolute atomic E-state index is 0.336. The molecule has 0 aliphatic carbocycles. The number of aromatic nitrogens is 2. The first kappa shape index (κ1) is 14.5. The molecule has 1 aromatic carbocycles. The highest BCUT2D eigenvalue weighted by atomic mass is 32.2. The summed E-state index contributed by atoms with van der Waals surface area (Å²) in [4.78, 5) is 12.7. The molecule has 6 heteroatoms. The molecule has 2 rings (SSSR count). The summed E-state index contributed by atoms with van der Waals surface area (Å²) in [6, 6.07) is 7.19. The van der Waals surface area contributed by atoms with E-state index in [-0.39, 0.29) is 5.97 Å². The van der Waals surface area contributed by atoms with Crippen molar-refractivity contribution < 1.29 is 9.53 Å². The summed E-state index contributed by atoms with van der Waals surface area (Å²) in [5.41, 5.74) is 7.96. The molecule has 0 unspecified atom stereocenters. The van der Waals surface area contributed by atoms with Gasteiger partial charge in [0.05, 0.1) is 27.8 Å². The molecule has 1 aromatic heterocycles. The van der Waals surface area contributed by atoms with Crippen molar-refractivity contribution >= 4 is 23.4 Å². The Balaban J connectivity index is 2.40. The predicted molar refractivity (Wildman–Crippen MR) is 78.9 cm³/mol.